The largest absolute Gasteiger partial charge is 0.416 e. The zero-order chi connectivity index (χ0) is 17.0. The number of anilines is 1. The predicted octanol–water partition coefficient (Wildman–Crippen LogP) is 5.24. The molecular weight excluding hydrogens is 329 g/mol. The van der Waals surface area contributed by atoms with Crippen LogP contribution >= 0.6 is 11.6 Å². The number of amides is 2. The highest BCUT2D eigenvalue weighted by Gasteiger charge is 2.31. The van der Waals surface area contributed by atoms with E-state index in [4.69, 9.17) is 11.6 Å². The van der Waals surface area contributed by atoms with E-state index < -0.39 is 17.8 Å². The van der Waals surface area contributed by atoms with E-state index in [1.807, 2.05) is 30.3 Å². The summed E-state index contributed by atoms with van der Waals surface area (Å²) < 4.78 is 38.1. The van der Waals surface area contributed by atoms with E-state index in [1.54, 1.807) is 6.92 Å². The fraction of sp³-hybridized carbons (Fsp3) is 0.188. The Morgan fingerprint density at radius 1 is 1.13 bits per heavy atom. The van der Waals surface area contributed by atoms with Crippen LogP contribution < -0.4 is 10.6 Å². The molecule has 0 bridgehead atoms. The van der Waals surface area contributed by atoms with Crippen LogP contribution in [0.5, 0.6) is 0 Å². The molecule has 1 atom stereocenters. The molecule has 0 saturated heterocycles. The Morgan fingerprint density at radius 3 is 2.39 bits per heavy atom. The number of halogens is 4. The van der Waals surface area contributed by atoms with Crippen molar-refractivity contribution in [2.75, 3.05) is 5.32 Å². The number of carbonyl (C=O) groups excluding carboxylic acids is 1. The van der Waals surface area contributed by atoms with Gasteiger partial charge in [-0.3, -0.25) is 0 Å². The molecule has 0 aliphatic rings. The Morgan fingerprint density at radius 2 is 1.78 bits per heavy atom. The molecule has 0 unspecified atom stereocenters. The summed E-state index contributed by atoms with van der Waals surface area (Å²) in [6.07, 6.45) is -4.51. The monoisotopic (exact) mass is 342 g/mol. The summed E-state index contributed by atoms with van der Waals surface area (Å²) in [6.45, 7) is 1.77. The van der Waals surface area contributed by atoms with Crippen molar-refractivity contribution in [3.8, 4) is 0 Å². The number of nitrogens with one attached hydrogen (secondary N) is 2. The molecule has 0 aliphatic heterocycles. The normalized spacial score (nSPS) is 12.6. The highest BCUT2D eigenvalue weighted by Crippen LogP contribution is 2.33. The summed E-state index contributed by atoms with van der Waals surface area (Å²) in [6, 6.07) is 11.0. The summed E-state index contributed by atoms with van der Waals surface area (Å²) in [7, 11) is 0. The van der Waals surface area contributed by atoms with Gasteiger partial charge in [-0.2, -0.15) is 13.2 Å². The van der Waals surface area contributed by atoms with Crippen LogP contribution in [0.2, 0.25) is 5.02 Å². The summed E-state index contributed by atoms with van der Waals surface area (Å²) in [5.74, 6) is 0. The quantitative estimate of drug-likeness (QED) is 0.786. The molecule has 0 saturated carbocycles. The first-order chi connectivity index (χ1) is 10.8. The summed E-state index contributed by atoms with van der Waals surface area (Å²) in [5, 5.41) is 5.01. The Bertz CT molecular complexity index is 689. The number of hydrogen-bond donors (Lipinski definition) is 2. The molecule has 2 amide bonds. The maximum Gasteiger partial charge on any atom is 0.416 e. The number of carbonyl (C=O) groups is 1. The molecule has 2 rings (SSSR count). The summed E-state index contributed by atoms with van der Waals surface area (Å²) >= 11 is 5.83. The van der Waals surface area contributed by atoms with Crippen molar-refractivity contribution in [2.45, 2.75) is 19.1 Å². The molecule has 2 aromatic rings. The van der Waals surface area contributed by atoms with E-state index in [9.17, 15) is 18.0 Å². The van der Waals surface area contributed by atoms with Gasteiger partial charge in [0.25, 0.3) is 0 Å². The van der Waals surface area contributed by atoms with Crippen LogP contribution in [0, 0.1) is 0 Å². The third-order valence-electron chi connectivity index (χ3n) is 3.19. The smallest absolute Gasteiger partial charge is 0.331 e. The highest BCUT2D eigenvalue weighted by atomic mass is 35.5. The molecule has 122 valence electrons. The van der Waals surface area contributed by atoms with Gasteiger partial charge < -0.3 is 10.6 Å². The molecule has 0 radical (unpaired) electrons. The molecule has 2 N–H and O–H groups in total. The Hall–Kier alpha value is -2.21. The molecule has 0 fully saturated rings. The molecule has 0 aliphatic carbocycles. The van der Waals surface area contributed by atoms with E-state index in [0.29, 0.717) is 0 Å². The number of hydrogen-bond acceptors (Lipinski definition) is 1. The van der Waals surface area contributed by atoms with Crippen LogP contribution in [0.3, 0.4) is 0 Å². The second kappa shape index (κ2) is 6.91. The molecule has 0 heterocycles. The van der Waals surface area contributed by atoms with Gasteiger partial charge in [-0.15, -0.1) is 0 Å². The minimum absolute atomic E-state index is 0.0283. The van der Waals surface area contributed by atoms with Gasteiger partial charge in [-0.1, -0.05) is 41.9 Å². The lowest BCUT2D eigenvalue weighted by Crippen LogP contribution is -2.31. The van der Waals surface area contributed by atoms with Crippen molar-refractivity contribution < 1.29 is 18.0 Å². The molecule has 23 heavy (non-hydrogen) atoms. The highest BCUT2D eigenvalue weighted by molar-refractivity contribution is 6.33. The van der Waals surface area contributed by atoms with Crippen LogP contribution in [-0.4, -0.2) is 6.03 Å². The van der Waals surface area contributed by atoms with Crippen molar-refractivity contribution >= 4 is 23.3 Å². The van der Waals surface area contributed by atoms with Gasteiger partial charge in [0.1, 0.15) is 0 Å². The van der Waals surface area contributed by atoms with E-state index in [1.165, 1.54) is 0 Å². The van der Waals surface area contributed by atoms with Gasteiger partial charge in [0.2, 0.25) is 0 Å². The number of rotatable bonds is 3. The third kappa shape index (κ3) is 4.63. The summed E-state index contributed by atoms with van der Waals surface area (Å²) in [5.41, 5.74) is -0.106. The predicted molar refractivity (Wildman–Crippen MR) is 83.5 cm³/mol. The number of alkyl halides is 3. The minimum atomic E-state index is -4.51. The van der Waals surface area contributed by atoms with Crippen LogP contribution in [0.25, 0.3) is 0 Å². The number of urea groups is 1. The second-order valence-corrected chi connectivity index (χ2v) is 5.33. The van der Waals surface area contributed by atoms with Gasteiger partial charge in [-0.05, 0) is 30.7 Å². The molecular formula is C16H14ClF3N2O. The molecule has 7 heteroatoms. The lowest BCUT2D eigenvalue weighted by atomic mass is 10.1. The average Bonchev–Trinajstić information content (AvgIpc) is 2.49. The van der Waals surface area contributed by atoms with Crippen molar-refractivity contribution in [1.82, 2.24) is 5.32 Å². The van der Waals surface area contributed by atoms with Crippen molar-refractivity contribution in [3.63, 3.8) is 0 Å². The Labute approximate surface area is 136 Å². The fourth-order valence-electron chi connectivity index (χ4n) is 1.98. The summed E-state index contributed by atoms with van der Waals surface area (Å²) in [4.78, 5) is 11.9. The lowest BCUT2D eigenvalue weighted by Gasteiger charge is -2.16. The maximum atomic E-state index is 12.7. The SMILES string of the molecule is C[C@@H](NC(=O)Nc1cc(C(F)(F)F)ccc1Cl)c1ccccc1. The average molecular weight is 343 g/mol. The van der Waals surface area contributed by atoms with Crippen molar-refractivity contribution in [2.24, 2.45) is 0 Å². The van der Waals surface area contributed by atoms with E-state index >= 15 is 0 Å². The van der Waals surface area contributed by atoms with Crippen LogP contribution in [0.15, 0.2) is 48.5 Å². The van der Waals surface area contributed by atoms with Gasteiger partial charge in [0, 0.05) is 0 Å². The first-order valence-corrected chi connectivity index (χ1v) is 7.14. The standard InChI is InChI=1S/C16H14ClF3N2O/c1-10(11-5-3-2-4-6-11)21-15(23)22-14-9-12(16(18,19)20)7-8-13(14)17/h2-10H,1H3,(H2,21,22,23)/t10-/m1/s1. The van der Waals surface area contributed by atoms with E-state index in [-0.39, 0.29) is 16.8 Å². The minimum Gasteiger partial charge on any atom is -0.331 e. The van der Waals surface area contributed by atoms with Gasteiger partial charge in [0.05, 0.1) is 22.3 Å². The zero-order valence-electron chi connectivity index (χ0n) is 12.1. The van der Waals surface area contributed by atoms with Gasteiger partial charge in [0.15, 0.2) is 0 Å². The van der Waals surface area contributed by atoms with Crippen molar-refractivity contribution in [1.29, 1.82) is 0 Å². The van der Waals surface area contributed by atoms with Crippen LogP contribution in [0.1, 0.15) is 24.1 Å². The number of benzene rings is 2. The first kappa shape index (κ1) is 17.1. The molecule has 2 aromatic carbocycles. The van der Waals surface area contributed by atoms with E-state index in [0.717, 1.165) is 23.8 Å². The van der Waals surface area contributed by atoms with E-state index in [2.05, 4.69) is 10.6 Å². The van der Waals surface area contributed by atoms with Gasteiger partial charge in [-0.25, -0.2) is 4.79 Å². The van der Waals surface area contributed by atoms with Gasteiger partial charge >= 0.3 is 12.2 Å². The van der Waals surface area contributed by atoms with Crippen LogP contribution in [0.4, 0.5) is 23.7 Å². The van der Waals surface area contributed by atoms with Crippen LogP contribution in [-0.2, 0) is 6.18 Å². The Kier molecular flexibility index (Phi) is 5.15. The molecule has 0 spiro atoms. The molecule has 3 nitrogen and oxygen atoms in total. The third-order valence-corrected chi connectivity index (χ3v) is 3.52. The lowest BCUT2D eigenvalue weighted by molar-refractivity contribution is -0.137. The zero-order valence-corrected chi connectivity index (χ0v) is 12.9. The topological polar surface area (TPSA) is 41.1 Å². The fourth-order valence-corrected chi connectivity index (χ4v) is 2.14. The first-order valence-electron chi connectivity index (χ1n) is 6.76. The maximum absolute atomic E-state index is 12.7. The second-order valence-electron chi connectivity index (χ2n) is 4.92. The molecule has 0 aromatic heterocycles. The Balaban J connectivity index is 2.08. The van der Waals surface area contributed by atoms with Crippen molar-refractivity contribution in [3.05, 3.63) is 64.7 Å².